The normalized spacial score (nSPS) is 22.7. The Hall–Kier alpha value is -4.10. The van der Waals surface area contributed by atoms with E-state index in [1.165, 1.54) is 32.6 Å². The van der Waals surface area contributed by atoms with Crippen LogP contribution >= 0.6 is 30.3 Å². The van der Waals surface area contributed by atoms with E-state index in [1.54, 1.807) is 49.4 Å². The van der Waals surface area contributed by atoms with Crippen LogP contribution in [0.2, 0.25) is 0 Å². The summed E-state index contributed by atoms with van der Waals surface area (Å²) in [4.78, 5) is 36.8. The Kier molecular flexibility index (Phi) is 10.2. The van der Waals surface area contributed by atoms with E-state index in [0.717, 1.165) is 5.56 Å². The van der Waals surface area contributed by atoms with Gasteiger partial charge in [-0.1, -0.05) is 54.6 Å². The molecule has 0 saturated carbocycles. The smallest absolute Gasteiger partial charge is 0.457 e. The molecule has 0 aliphatic carbocycles. The zero-order valence-electron chi connectivity index (χ0n) is 28.1. The van der Waals surface area contributed by atoms with Gasteiger partial charge in [0.25, 0.3) is 0 Å². The minimum atomic E-state index is -4.81. The number of aromatic nitrogens is 4. The molecule has 1 aliphatic rings. The highest BCUT2D eigenvalue weighted by Gasteiger charge is 2.55. The van der Waals surface area contributed by atoms with Crippen LogP contribution in [-0.2, 0) is 18.8 Å². The summed E-state index contributed by atoms with van der Waals surface area (Å²) in [5.74, 6) is -1.01. The van der Waals surface area contributed by atoms with Crippen LogP contribution in [0.3, 0.4) is 0 Å². The number of ether oxygens (including phenoxy) is 4. The number of fused-ring (bicyclic) bond motifs is 2. The van der Waals surface area contributed by atoms with E-state index in [9.17, 15) is 24.5 Å². The van der Waals surface area contributed by atoms with Gasteiger partial charge in [-0.2, -0.15) is 15.1 Å². The van der Waals surface area contributed by atoms with Crippen LogP contribution < -0.4 is 24.8 Å². The Morgan fingerprint density at radius 2 is 1.76 bits per heavy atom. The second-order valence-corrected chi connectivity index (χ2v) is 14.5. The number of nitrogen functional groups attached to an aromatic ring is 1. The van der Waals surface area contributed by atoms with Crippen LogP contribution in [0.15, 0.2) is 60.7 Å². The molecule has 1 fully saturated rings. The molecule has 2 aromatic heterocycles. The maximum Gasteiger partial charge on any atom is 0.457 e. The predicted octanol–water partition coefficient (Wildman–Crippen LogP) is 4.33. The topological polar surface area (TPSA) is 223 Å². The van der Waals surface area contributed by atoms with Crippen molar-refractivity contribution in [1.29, 1.82) is 0 Å². The van der Waals surface area contributed by atoms with Crippen molar-refractivity contribution in [2.45, 2.75) is 57.0 Å². The van der Waals surface area contributed by atoms with Crippen molar-refractivity contribution in [2.75, 3.05) is 20.0 Å². The molecule has 0 bridgehead atoms. The van der Waals surface area contributed by atoms with Crippen molar-refractivity contribution >= 4 is 64.2 Å². The van der Waals surface area contributed by atoms with Gasteiger partial charge < -0.3 is 44.3 Å². The minimum absolute atomic E-state index is 0.0587. The van der Waals surface area contributed by atoms with E-state index in [4.69, 9.17) is 29.2 Å². The average Bonchev–Trinajstić information content (AvgIpc) is 3.54. The third kappa shape index (κ3) is 6.94. The number of hydrogen-bond donors (Lipinski definition) is 5. The highest BCUT2D eigenvalue weighted by Crippen LogP contribution is 2.54. The molecule has 7 atom stereocenters. The van der Waals surface area contributed by atoms with Crippen molar-refractivity contribution in [3.05, 3.63) is 75.6 Å². The first-order chi connectivity index (χ1) is 24.2. The SMILES string of the molecule is COc1c([C@H]2O[C@@H](n3c(I)nc4c(OC)nc(N)nc43)[C@](C)(O)[C@@H]2O)cc2ccccc2c1OP(=O)(O)N[C@@H](C)C(=O)O[C@@H](C)c1ccccc1. The first-order valence-electron chi connectivity index (χ1n) is 15.6. The number of halogens is 1. The fraction of sp³-hybridized carbons (Fsp3) is 0.333. The van der Waals surface area contributed by atoms with E-state index in [0.29, 0.717) is 14.6 Å². The maximum atomic E-state index is 13.6. The molecule has 6 rings (SSSR count). The number of nitrogens with zero attached hydrogens (tertiary/aromatic N) is 4. The maximum absolute atomic E-state index is 13.6. The zero-order valence-corrected chi connectivity index (χ0v) is 31.1. The Labute approximate surface area is 305 Å². The van der Waals surface area contributed by atoms with Gasteiger partial charge in [0.2, 0.25) is 11.8 Å². The molecule has 51 heavy (non-hydrogen) atoms. The Balaban J connectivity index is 1.35. The van der Waals surface area contributed by atoms with Gasteiger partial charge in [0.1, 0.15) is 30.0 Å². The van der Waals surface area contributed by atoms with Crippen molar-refractivity contribution < 1.29 is 47.9 Å². The highest BCUT2D eigenvalue weighted by atomic mass is 127. The largest absolute Gasteiger partial charge is 0.492 e. The van der Waals surface area contributed by atoms with Crippen LogP contribution in [0.4, 0.5) is 5.95 Å². The number of methoxy groups -OCH3 is 2. The van der Waals surface area contributed by atoms with E-state index >= 15 is 0 Å². The lowest BCUT2D eigenvalue weighted by atomic mass is 9.91. The summed E-state index contributed by atoms with van der Waals surface area (Å²) in [6.07, 6.45) is -4.75. The fourth-order valence-corrected chi connectivity index (χ4v) is 7.80. The second kappa shape index (κ2) is 14.1. The fourth-order valence-electron chi connectivity index (χ4n) is 6.00. The molecule has 0 amide bonds. The van der Waals surface area contributed by atoms with Crippen molar-refractivity contribution in [2.24, 2.45) is 0 Å². The molecule has 5 aromatic rings. The molecule has 18 heteroatoms. The van der Waals surface area contributed by atoms with Gasteiger partial charge in [-0.05, 0) is 37.8 Å². The first-order valence-corrected chi connectivity index (χ1v) is 18.3. The molecule has 3 heterocycles. The van der Waals surface area contributed by atoms with Gasteiger partial charge in [-0.25, -0.2) is 9.55 Å². The molecule has 0 spiro atoms. The van der Waals surface area contributed by atoms with E-state index in [2.05, 4.69) is 20.0 Å². The molecular formula is C33H36IN6O10P. The van der Waals surface area contributed by atoms with Crippen molar-refractivity contribution in [1.82, 2.24) is 24.6 Å². The third-order valence-electron chi connectivity index (χ3n) is 8.55. The summed E-state index contributed by atoms with van der Waals surface area (Å²) >= 11 is 1.93. The molecular weight excluding hydrogens is 798 g/mol. The van der Waals surface area contributed by atoms with Gasteiger partial charge in [-0.3, -0.25) is 9.36 Å². The van der Waals surface area contributed by atoms with Crippen LogP contribution in [0.25, 0.3) is 21.9 Å². The number of esters is 1. The predicted molar refractivity (Wildman–Crippen MR) is 193 cm³/mol. The van der Waals surface area contributed by atoms with Crippen LogP contribution in [0.5, 0.6) is 17.4 Å². The number of aliphatic hydroxyl groups is 2. The molecule has 270 valence electrons. The van der Waals surface area contributed by atoms with Gasteiger partial charge in [0, 0.05) is 33.5 Å². The third-order valence-corrected chi connectivity index (χ3v) is 10.5. The Morgan fingerprint density at radius 1 is 1.08 bits per heavy atom. The highest BCUT2D eigenvalue weighted by molar-refractivity contribution is 14.1. The number of aliphatic hydroxyl groups excluding tert-OH is 1. The Morgan fingerprint density at radius 3 is 2.45 bits per heavy atom. The van der Waals surface area contributed by atoms with Gasteiger partial charge >= 0.3 is 13.7 Å². The molecule has 1 aliphatic heterocycles. The Bertz CT molecular complexity index is 2150. The van der Waals surface area contributed by atoms with Gasteiger partial charge in [0.05, 0.1) is 14.2 Å². The standard InChI is InChI=1S/C33H36IN6O10P/c1-16(29(42)48-17(2)18-11-7-6-8-12-18)39-51(44,45)50-24-20-14-10-9-13-19(20)15-21(23(24)46-4)25-26(41)33(3,43)30(49-25)40-27-22(36-31(40)34)28(47-5)38-32(35)37-27/h6-17,25-26,30,41,43H,1-5H3,(H2,35,37,38)(H2,39,44,45)/t16-,17-,25+,26+,30+,33+/m0/s1. The van der Waals surface area contributed by atoms with Crippen molar-refractivity contribution in [3.8, 4) is 17.4 Å². The second-order valence-electron chi connectivity index (χ2n) is 12.1. The average molecular weight is 835 g/mol. The van der Waals surface area contributed by atoms with Gasteiger partial charge in [-0.15, -0.1) is 0 Å². The van der Waals surface area contributed by atoms with Crippen molar-refractivity contribution in [3.63, 3.8) is 0 Å². The summed E-state index contributed by atoms with van der Waals surface area (Å²) in [7, 11) is -2.09. The van der Waals surface area contributed by atoms with Crippen LogP contribution in [0.1, 0.15) is 50.3 Å². The lowest BCUT2D eigenvalue weighted by Gasteiger charge is -2.28. The molecule has 6 N–H and O–H groups in total. The number of imidazole rings is 1. The molecule has 3 aromatic carbocycles. The van der Waals surface area contributed by atoms with Gasteiger partial charge in [0.15, 0.2) is 32.7 Å². The monoisotopic (exact) mass is 834 g/mol. The number of rotatable bonds is 11. The number of carbonyl (C=O) groups is 1. The number of carbonyl (C=O) groups excluding carboxylic acids is 1. The number of nitrogens with one attached hydrogen (secondary N) is 1. The molecule has 1 unspecified atom stereocenters. The van der Waals surface area contributed by atoms with Crippen LogP contribution in [-0.4, -0.2) is 72.6 Å². The molecule has 0 radical (unpaired) electrons. The molecule has 1 saturated heterocycles. The molecule has 16 nitrogen and oxygen atoms in total. The lowest BCUT2D eigenvalue weighted by molar-refractivity contribution is -0.150. The summed E-state index contributed by atoms with van der Waals surface area (Å²) in [5.41, 5.74) is 5.37. The number of hydrogen-bond acceptors (Lipinski definition) is 13. The summed E-state index contributed by atoms with van der Waals surface area (Å²) in [6, 6.07) is 16.3. The van der Waals surface area contributed by atoms with E-state index in [1.807, 2.05) is 40.8 Å². The summed E-state index contributed by atoms with van der Waals surface area (Å²) in [6.45, 7) is 4.45. The van der Waals surface area contributed by atoms with E-state index in [-0.39, 0.29) is 40.1 Å². The summed E-state index contributed by atoms with van der Waals surface area (Å²) < 4.78 is 44.2. The number of anilines is 1. The van der Waals surface area contributed by atoms with Crippen LogP contribution in [0, 0.1) is 3.83 Å². The lowest BCUT2D eigenvalue weighted by Crippen LogP contribution is -2.42. The van der Waals surface area contributed by atoms with E-state index < -0.39 is 49.9 Å². The number of benzene rings is 3. The first kappa shape index (κ1) is 36.7. The zero-order chi connectivity index (χ0) is 36.8. The quantitative estimate of drug-likeness (QED) is 0.0541. The number of nitrogens with two attached hydrogens (primary N) is 1. The minimum Gasteiger partial charge on any atom is -0.492 e. The summed E-state index contributed by atoms with van der Waals surface area (Å²) in [5, 5.41) is 26.7.